The Hall–Kier alpha value is -2.65. The average Bonchev–Trinajstić information content (AvgIpc) is 2.66. The molecular formula is C21H17NOS. The molecule has 1 fully saturated rings. The fourth-order valence-corrected chi connectivity index (χ4v) is 3.47. The Balaban J connectivity index is 1.68. The van der Waals surface area contributed by atoms with Crippen LogP contribution in [0.3, 0.4) is 0 Å². The molecule has 1 saturated heterocycles. The molecular weight excluding hydrogens is 314 g/mol. The highest BCUT2D eigenvalue weighted by atomic mass is 32.1. The average molecular weight is 331 g/mol. The van der Waals surface area contributed by atoms with E-state index < -0.39 is 0 Å². The van der Waals surface area contributed by atoms with Crippen molar-refractivity contribution >= 4 is 22.9 Å². The zero-order valence-electron chi connectivity index (χ0n) is 13.1. The van der Waals surface area contributed by atoms with Gasteiger partial charge in [0, 0.05) is 5.69 Å². The Morgan fingerprint density at radius 3 is 1.88 bits per heavy atom. The van der Waals surface area contributed by atoms with Gasteiger partial charge in [0.25, 0.3) is 0 Å². The van der Waals surface area contributed by atoms with Gasteiger partial charge in [-0.05, 0) is 29.8 Å². The van der Waals surface area contributed by atoms with Crippen LogP contribution in [0.5, 0.6) is 5.75 Å². The quantitative estimate of drug-likeness (QED) is 0.623. The minimum atomic E-state index is -0.134. The molecule has 1 aliphatic heterocycles. The maximum atomic E-state index is 6.20. The summed E-state index contributed by atoms with van der Waals surface area (Å²) in [5.41, 5.74) is 2.31. The van der Waals surface area contributed by atoms with Gasteiger partial charge < -0.3 is 9.64 Å². The summed E-state index contributed by atoms with van der Waals surface area (Å²) >= 11 is 5.69. The lowest BCUT2D eigenvalue weighted by atomic mass is 9.90. The second-order valence-corrected chi connectivity index (χ2v) is 6.17. The largest absolute Gasteiger partial charge is 0.481 e. The van der Waals surface area contributed by atoms with E-state index in [4.69, 9.17) is 17.0 Å². The number of para-hydroxylation sites is 2. The topological polar surface area (TPSA) is 12.5 Å². The lowest BCUT2D eigenvalue weighted by Gasteiger charge is -2.49. The van der Waals surface area contributed by atoms with Crippen molar-refractivity contribution in [2.24, 2.45) is 0 Å². The maximum Gasteiger partial charge on any atom is 0.174 e. The first kappa shape index (κ1) is 14.9. The molecule has 0 unspecified atom stereocenters. The van der Waals surface area contributed by atoms with Gasteiger partial charge in [-0.1, -0.05) is 78.9 Å². The number of rotatable bonds is 4. The van der Waals surface area contributed by atoms with Gasteiger partial charge in [-0.2, -0.15) is 0 Å². The van der Waals surface area contributed by atoms with E-state index in [0.717, 1.165) is 16.4 Å². The first-order chi connectivity index (χ1) is 11.8. The lowest BCUT2D eigenvalue weighted by Crippen LogP contribution is -2.60. The molecule has 0 saturated carbocycles. The SMILES string of the molecule is S=C1[C@H](Oc2ccccc2)[C@H](c2ccccc2)N1c1ccccc1. The van der Waals surface area contributed by atoms with Gasteiger partial charge >= 0.3 is 0 Å². The molecule has 3 aromatic rings. The highest BCUT2D eigenvalue weighted by molar-refractivity contribution is 7.80. The Morgan fingerprint density at radius 2 is 1.25 bits per heavy atom. The molecule has 118 valence electrons. The van der Waals surface area contributed by atoms with Gasteiger partial charge in [0.15, 0.2) is 6.10 Å². The van der Waals surface area contributed by atoms with E-state index in [1.165, 1.54) is 5.56 Å². The molecule has 0 spiro atoms. The second-order valence-electron chi connectivity index (χ2n) is 5.75. The van der Waals surface area contributed by atoms with Crippen molar-refractivity contribution in [3.8, 4) is 5.75 Å². The van der Waals surface area contributed by atoms with Crippen LogP contribution in [0, 0.1) is 0 Å². The Morgan fingerprint density at radius 1 is 0.708 bits per heavy atom. The van der Waals surface area contributed by atoms with Crippen molar-refractivity contribution in [3.05, 3.63) is 96.6 Å². The first-order valence-electron chi connectivity index (χ1n) is 7.99. The third-order valence-corrected chi connectivity index (χ3v) is 4.66. The number of benzene rings is 3. The van der Waals surface area contributed by atoms with Crippen molar-refractivity contribution in [2.45, 2.75) is 12.1 Å². The standard InChI is InChI=1S/C21H17NOS/c24-21-20(23-18-14-8-3-9-15-18)19(16-10-4-1-5-11-16)22(21)17-12-6-2-7-13-17/h1-15,19-20H/t19-,20+/m0/s1. The summed E-state index contributed by atoms with van der Waals surface area (Å²) in [6, 6.07) is 30.6. The first-order valence-corrected chi connectivity index (χ1v) is 8.40. The van der Waals surface area contributed by atoms with Crippen LogP contribution in [-0.2, 0) is 0 Å². The number of hydrogen-bond donors (Lipinski definition) is 0. The summed E-state index contributed by atoms with van der Waals surface area (Å²) in [5.74, 6) is 0.846. The van der Waals surface area contributed by atoms with Crippen molar-refractivity contribution in [1.82, 2.24) is 0 Å². The summed E-state index contributed by atoms with van der Waals surface area (Å²) in [7, 11) is 0. The third-order valence-electron chi connectivity index (χ3n) is 4.23. The van der Waals surface area contributed by atoms with Gasteiger partial charge in [-0.15, -0.1) is 0 Å². The molecule has 2 nitrogen and oxygen atoms in total. The summed E-state index contributed by atoms with van der Waals surface area (Å²) in [6.07, 6.45) is -0.134. The third kappa shape index (κ3) is 2.68. The van der Waals surface area contributed by atoms with Gasteiger partial charge in [0.1, 0.15) is 16.8 Å². The van der Waals surface area contributed by atoms with Crippen LogP contribution in [-0.4, -0.2) is 11.1 Å². The molecule has 1 aliphatic rings. The van der Waals surface area contributed by atoms with E-state index in [9.17, 15) is 0 Å². The second kappa shape index (κ2) is 6.46. The number of anilines is 1. The van der Waals surface area contributed by atoms with Gasteiger partial charge in [0.05, 0.1) is 0 Å². The predicted octanol–water partition coefficient (Wildman–Crippen LogP) is 5.02. The molecule has 24 heavy (non-hydrogen) atoms. The van der Waals surface area contributed by atoms with Crippen LogP contribution >= 0.6 is 12.2 Å². The van der Waals surface area contributed by atoms with Crippen LogP contribution in [0.2, 0.25) is 0 Å². The molecule has 3 aromatic carbocycles. The molecule has 0 N–H and O–H groups in total. The molecule has 2 atom stereocenters. The minimum Gasteiger partial charge on any atom is -0.481 e. The number of nitrogens with zero attached hydrogens (tertiary/aromatic N) is 1. The van der Waals surface area contributed by atoms with Gasteiger partial charge in [0.2, 0.25) is 0 Å². The Labute approximate surface area is 147 Å². The minimum absolute atomic E-state index is 0.0845. The Bertz CT molecular complexity index is 820. The zero-order valence-corrected chi connectivity index (χ0v) is 13.9. The number of ether oxygens (including phenoxy) is 1. The van der Waals surface area contributed by atoms with Crippen LogP contribution in [0.4, 0.5) is 5.69 Å². The molecule has 4 rings (SSSR count). The van der Waals surface area contributed by atoms with E-state index in [1.54, 1.807) is 0 Å². The molecule has 0 aromatic heterocycles. The van der Waals surface area contributed by atoms with E-state index in [0.29, 0.717) is 0 Å². The smallest absolute Gasteiger partial charge is 0.174 e. The fourth-order valence-electron chi connectivity index (χ4n) is 3.07. The van der Waals surface area contributed by atoms with Crippen molar-refractivity contribution in [2.75, 3.05) is 4.90 Å². The maximum absolute atomic E-state index is 6.20. The Kier molecular flexibility index (Phi) is 4.01. The number of hydrogen-bond acceptors (Lipinski definition) is 2. The van der Waals surface area contributed by atoms with Crippen LogP contribution in [0.15, 0.2) is 91.0 Å². The number of thiocarbonyl (C=S) groups is 1. The molecule has 0 radical (unpaired) electrons. The summed E-state index contributed by atoms with van der Waals surface area (Å²) < 4.78 is 6.20. The molecule has 1 heterocycles. The van der Waals surface area contributed by atoms with E-state index in [-0.39, 0.29) is 12.1 Å². The highest BCUT2D eigenvalue weighted by Crippen LogP contribution is 2.41. The van der Waals surface area contributed by atoms with Crippen LogP contribution in [0.1, 0.15) is 11.6 Å². The van der Waals surface area contributed by atoms with Gasteiger partial charge in [-0.3, -0.25) is 0 Å². The normalized spacial score (nSPS) is 19.7. The van der Waals surface area contributed by atoms with Crippen molar-refractivity contribution < 1.29 is 4.74 Å². The summed E-state index contributed by atoms with van der Waals surface area (Å²) in [5, 5.41) is 0. The molecule has 3 heteroatoms. The van der Waals surface area contributed by atoms with E-state index >= 15 is 0 Å². The lowest BCUT2D eigenvalue weighted by molar-refractivity contribution is 0.207. The highest BCUT2D eigenvalue weighted by Gasteiger charge is 2.47. The van der Waals surface area contributed by atoms with Crippen molar-refractivity contribution in [1.29, 1.82) is 0 Å². The van der Waals surface area contributed by atoms with E-state index in [1.807, 2.05) is 54.6 Å². The zero-order chi connectivity index (χ0) is 16.4. The van der Waals surface area contributed by atoms with Crippen LogP contribution < -0.4 is 9.64 Å². The van der Waals surface area contributed by atoms with Crippen LogP contribution in [0.25, 0.3) is 0 Å². The molecule has 0 amide bonds. The summed E-state index contributed by atoms with van der Waals surface area (Å²) in [4.78, 5) is 3.00. The molecule has 0 bridgehead atoms. The van der Waals surface area contributed by atoms with Gasteiger partial charge in [-0.25, -0.2) is 0 Å². The van der Waals surface area contributed by atoms with E-state index in [2.05, 4.69) is 41.3 Å². The monoisotopic (exact) mass is 331 g/mol. The molecule has 0 aliphatic carbocycles. The van der Waals surface area contributed by atoms with Crippen molar-refractivity contribution in [3.63, 3.8) is 0 Å². The summed E-state index contributed by atoms with van der Waals surface area (Å²) in [6.45, 7) is 0. The fraction of sp³-hybridized carbons (Fsp3) is 0.0952. The predicted molar refractivity (Wildman–Crippen MR) is 102 cm³/mol.